The molecule has 1 saturated heterocycles. The molecule has 1 aromatic heterocycles. The minimum absolute atomic E-state index is 0.184. The number of thiazole rings is 1. The maximum absolute atomic E-state index is 12.3. The lowest BCUT2D eigenvalue weighted by Gasteiger charge is -2.10. The Morgan fingerprint density at radius 2 is 1.88 bits per heavy atom. The molecule has 0 radical (unpaired) electrons. The monoisotopic (exact) mass is 359 g/mol. The van der Waals surface area contributed by atoms with E-state index in [0.29, 0.717) is 4.80 Å². The number of likely N-dealkylation sites (tertiary alicyclic amines) is 1. The Balaban J connectivity index is 2.01. The van der Waals surface area contributed by atoms with Gasteiger partial charge in [0, 0.05) is 19.4 Å². The predicted octanol–water partition coefficient (Wildman–Crippen LogP) is 2.31. The van der Waals surface area contributed by atoms with Crippen LogP contribution < -0.4 is 4.80 Å². The maximum atomic E-state index is 12.3. The molecule has 0 saturated carbocycles. The first-order chi connectivity index (χ1) is 11.9. The van der Waals surface area contributed by atoms with Crippen molar-refractivity contribution in [3.8, 4) is 0 Å². The van der Waals surface area contributed by atoms with Gasteiger partial charge >= 0.3 is 0 Å². The molecule has 2 aromatic rings. The lowest BCUT2D eigenvalue weighted by atomic mass is 10.1. The molecule has 1 aromatic carbocycles. The van der Waals surface area contributed by atoms with Crippen LogP contribution >= 0.6 is 11.3 Å². The highest BCUT2D eigenvalue weighted by molar-refractivity contribution is 7.16. The molecule has 3 rings (SSSR count). The summed E-state index contributed by atoms with van der Waals surface area (Å²) in [4.78, 5) is 41.5. The Bertz CT molecular complexity index is 923. The maximum Gasteiger partial charge on any atom is 0.268 e. The van der Waals surface area contributed by atoms with Gasteiger partial charge in [-0.1, -0.05) is 24.3 Å². The van der Waals surface area contributed by atoms with Crippen molar-refractivity contribution in [1.82, 2.24) is 9.47 Å². The third-order valence-electron chi connectivity index (χ3n) is 4.23. The third-order valence-corrected chi connectivity index (χ3v) is 5.46. The standard InChI is InChI=1S/C18H21N3O3S/c1-4-7-20-13-9-11(2)8-12(3)17(13)25-18(20)19-14(22)10-21-15(23)5-6-16(21)24/h8-9H,4-7,10H2,1-3H3. The molecule has 0 N–H and O–H groups in total. The van der Waals surface area contributed by atoms with Gasteiger partial charge in [-0.05, 0) is 37.5 Å². The van der Waals surface area contributed by atoms with Crippen LogP contribution in [0.4, 0.5) is 0 Å². The molecule has 0 spiro atoms. The molecule has 0 unspecified atom stereocenters. The summed E-state index contributed by atoms with van der Waals surface area (Å²) in [7, 11) is 0. The van der Waals surface area contributed by atoms with Gasteiger partial charge in [-0.15, -0.1) is 0 Å². The van der Waals surface area contributed by atoms with Gasteiger partial charge in [0.2, 0.25) is 11.8 Å². The van der Waals surface area contributed by atoms with Gasteiger partial charge in [-0.2, -0.15) is 4.99 Å². The summed E-state index contributed by atoms with van der Waals surface area (Å²) in [5, 5.41) is 0. The van der Waals surface area contributed by atoms with Crippen LogP contribution in [-0.4, -0.2) is 33.7 Å². The second-order valence-corrected chi connectivity index (χ2v) is 7.32. The molecule has 0 atom stereocenters. The summed E-state index contributed by atoms with van der Waals surface area (Å²) in [5.41, 5.74) is 3.40. The summed E-state index contributed by atoms with van der Waals surface area (Å²) in [5.74, 6) is -1.05. The molecule has 6 nitrogen and oxygen atoms in total. The minimum atomic E-state index is -0.464. The Labute approximate surface area is 149 Å². The van der Waals surface area contributed by atoms with Crippen molar-refractivity contribution in [2.75, 3.05) is 6.54 Å². The van der Waals surface area contributed by atoms with E-state index in [1.165, 1.54) is 16.9 Å². The van der Waals surface area contributed by atoms with Gasteiger partial charge in [-0.25, -0.2) is 0 Å². The van der Waals surface area contributed by atoms with Crippen molar-refractivity contribution in [3.63, 3.8) is 0 Å². The summed E-state index contributed by atoms with van der Waals surface area (Å²) < 4.78 is 3.16. The molecule has 2 heterocycles. The van der Waals surface area contributed by atoms with Crippen LogP contribution in [0.15, 0.2) is 17.1 Å². The zero-order chi connectivity index (χ0) is 18.1. The van der Waals surface area contributed by atoms with E-state index >= 15 is 0 Å². The van der Waals surface area contributed by atoms with Crippen LogP contribution in [0.2, 0.25) is 0 Å². The number of imide groups is 1. The third kappa shape index (κ3) is 3.42. The molecule has 132 valence electrons. The molecule has 0 aliphatic carbocycles. The average Bonchev–Trinajstić information content (AvgIpc) is 3.03. The van der Waals surface area contributed by atoms with Crippen molar-refractivity contribution in [2.24, 2.45) is 4.99 Å². The molecule has 3 amide bonds. The first kappa shape index (κ1) is 17.5. The smallest absolute Gasteiger partial charge is 0.268 e. The molecule has 1 aliphatic heterocycles. The highest BCUT2D eigenvalue weighted by Gasteiger charge is 2.30. The second-order valence-electron chi connectivity index (χ2n) is 6.35. The highest BCUT2D eigenvalue weighted by atomic mass is 32.1. The van der Waals surface area contributed by atoms with Crippen molar-refractivity contribution in [1.29, 1.82) is 0 Å². The molecule has 25 heavy (non-hydrogen) atoms. The van der Waals surface area contributed by atoms with E-state index in [1.807, 2.05) is 11.5 Å². The molecular weight excluding hydrogens is 338 g/mol. The Morgan fingerprint density at radius 3 is 2.52 bits per heavy atom. The second kappa shape index (κ2) is 6.92. The topological polar surface area (TPSA) is 71.7 Å². The zero-order valence-electron chi connectivity index (χ0n) is 14.7. The summed E-state index contributed by atoms with van der Waals surface area (Å²) in [6, 6.07) is 4.22. The number of aryl methyl sites for hydroxylation is 3. The van der Waals surface area contributed by atoms with E-state index in [4.69, 9.17) is 0 Å². The van der Waals surface area contributed by atoms with Gasteiger partial charge in [0.25, 0.3) is 5.91 Å². The number of hydrogen-bond donors (Lipinski definition) is 0. The lowest BCUT2D eigenvalue weighted by molar-refractivity contribution is -0.141. The Hall–Kier alpha value is -2.28. The van der Waals surface area contributed by atoms with Crippen molar-refractivity contribution < 1.29 is 14.4 Å². The SMILES string of the molecule is CCCn1c(=NC(=O)CN2C(=O)CCC2=O)sc2c(C)cc(C)cc21. The van der Waals surface area contributed by atoms with Crippen LogP contribution in [0.5, 0.6) is 0 Å². The van der Waals surface area contributed by atoms with Crippen LogP contribution in [-0.2, 0) is 20.9 Å². The number of benzene rings is 1. The lowest BCUT2D eigenvalue weighted by Crippen LogP contribution is -2.34. The largest absolute Gasteiger partial charge is 0.316 e. The Morgan fingerprint density at radius 1 is 1.20 bits per heavy atom. The van der Waals surface area contributed by atoms with Crippen LogP contribution in [0.25, 0.3) is 10.2 Å². The Kier molecular flexibility index (Phi) is 4.85. The quantitative estimate of drug-likeness (QED) is 0.787. The van der Waals surface area contributed by atoms with Crippen LogP contribution in [0.1, 0.15) is 37.3 Å². The molecular formula is C18H21N3O3S. The number of carbonyl (C=O) groups excluding carboxylic acids is 3. The molecule has 0 bridgehead atoms. The summed E-state index contributed by atoms with van der Waals surface area (Å²) >= 11 is 1.47. The van der Waals surface area contributed by atoms with Crippen LogP contribution in [0, 0.1) is 13.8 Å². The van der Waals surface area contributed by atoms with E-state index in [1.54, 1.807) is 0 Å². The number of carbonyl (C=O) groups is 3. The van der Waals surface area contributed by atoms with Crippen LogP contribution in [0.3, 0.4) is 0 Å². The van der Waals surface area contributed by atoms with Gasteiger partial charge in [0.15, 0.2) is 4.80 Å². The van der Waals surface area contributed by atoms with E-state index in [9.17, 15) is 14.4 Å². The minimum Gasteiger partial charge on any atom is -0.316 e. The fourth-order valence-electron chi connectivity index (χ4n) is 3.11. The fourth-order valence-corrected chi connectivity index (χ4v) is 4.24. The normalized spacial score (nSPS) is 15.6. The number of nitrogens with zero attached hydrogens (tertiary/aromatic N) is 3. The van der Waals surface area contributed by atoms with Gasteiger partial charge in [0.05, 0.1) is 10.2 Å². The van der Waals surface area contributed by atoms with Crippen molar-refractivity contribution in [3.05, 3.63) is 28.1 Å². The molecule has 1 aliphatic rings. The van der Waals surface area contributed by atoms with E-state index in [0.717, 1.165) is 33.6 Å². The number of hydrogen-bond acceptors (Lipinski definition) is 4. The summed E-state index contributed by atoms with van der Waals surface area (Å²) in [6.45, 7) is 6.67. The highest BCUT2D eigenvalue weighted by Crippen LogP contribution is 2.23. The molecule has 1 fully saturated rings. The van der Waals surface area contributed by atoms with Gasteiger partial charge < -0.3 is 4.57 Å². The van der Waals surface area contributed by atoms with E-state index in [-0.39, 0.29) is 31.2 Å². The average molecular weight is 359 g/mol. The van der Waals surface area contributed by atoms with Crippen molar-refractivity contribution >= 4 is 39.3 Å². The van der Waals surface area contributed by atoms with E-state index in [2.05, 4.69) is 31.0 Å². The first-order valence-electron chi connectivity index (χ1n) is 8.42. The predicted molar refractivity (Wildman–Crippen MR) is 96.1 cm³/mol. The fraction of sp³-hybridized carbons (Fsp3) is 0.444. The zero-order valence-corrected chi connectivity index (χ0v) is 15.5. The van der Waals surface area contributed by atoms with Gasteiger partial charge in [-0.3, -0.25) is 19.3 Å². The number of fused-ring (bicyclic) bond motifs is 1. The van der Waals surface area contributed by atoms with Crippen molar-refractivity contribution in [2.45, 2.75) is 46.6 Å². The first-order valence-corrected chi connectivity index (χ1v) is 9.23. The van der Waals surface area contributed by atoms with Gasteiger partial charge in [0.1, 0.15) is 6.54 Å². The number of amides is 3. The summed E-state index contributed by atoms with van der Waals surface area (Å²) in [6.07, 6.45) is 1.29. The number of aromatic nitrogens is 1. The number of rotatable bonds is 4. The molecule has 7 heteroatoms. The van der Waals surface area contributed by atoms with E-state index < -0.39 is 5.91 Å².